The van der Waals surface area contributed by atoms with Crippen molar-refractivity contribution in [2.75, 3.05) is 32.8 Å². The number of aryl methyl sites for hydroxylation is 1. The van der Waals surface area contributed by atoms with Crippen LogP contribution in [0.15, 0.2) is 29.3 Å². The Kier molecular flexibility index (Phi) is 11.4. The van der Waals surface area contributed by atoms with E-state index in [2.05, 4.69) is 20.5 Å². The van der Waals surface area contributed by atoms with Crippen LogP contribution >= 0.6 is 24.0 Å². The third kappa shape index (κ3) is 10.4. The van der Waals surface area contributed by atoms with Gasteiger partial charge in [0.1, 0.15) is 24.1 Å². The van der Waals surface area contributed by atoms with Crippen molar-refractivity contribution < 1.29 is 19.4 Å². The Morgan fingerprint density at radius 1 is 1.39 bits per heavy atom. The van der Waals surface area contributed by atoms with Crippen molar-refractivity contribution in [1.82, 2.24) is 15.5 Å². The minimum Gasteiger partial charge on any atom is -0.491 e. The first-order valence-corrected chi connectivity index (χ1v) is 10.6. The fraction of sp³-hybridized carbons (Fsp3) is 0.636. The summed E-state index contributed by atoms with van der Waals surface area (Å²) >= 11 is 0. The fourth-order valence-electron chi connectivity index (χ4n) is 3.11. The lowest BCUT2D eigenvalue weighted by Crippen LogP contribution is -2.44. The van der Waals surface area contributed by atoms with Gasteiger partial charge in [0, 0.05) is 19.6 Å². The van der Waals surface area contributed by atoms with Gasteiger partial charge >= 0.3 is 6.09 Å². The molecule has 1 aliphatic rings. The van der Waals surface area contributed by atoms with Crippen LogP contribution < -0.4 is 15.4 Å². The van der Waals surface area contributed by atoms with Gasteiger partial charge in [0.2, 0.25) is 0 Å². The summed E-state index contributed by atoms with van der Waals surface area (Å²) in [6, 6.07) is 7.72. The van der Waals surface area contributed by atoms with Gasteiger partial charge in [0.15, 0.2) is 5.96 Å². The number of ether oxygens (including phenoxy) is 2. The predicted molar refractivity (Wildman–Crippen MR) is 133 cm³/mol. The maximum Gasteiger partial charge on any atom is 0.407 e. The molecule has 0 radical (unpaired) electrons. The number of nitrogens with one attached hydrogen (secondary N) is 2. The van der Waals surface area contributed by atoms with E-state index in [1.165, 1.54) is 0 Å². The van der Waals surface area contributed by atoms with E-state index in [1.807, 2.05) is 58.9 Å². The third-order valence-electron chi connectivity index (χ3n) is 4.43. The number of guanidine groups is 1. The number of alkyl carbamates (subject to hydrolysis) is 1. The summed E-state index contributed by atoms with van der Waals surface area (Å²) in [4.78, 5) is 18.6. The number of aliphatic hydroxyl groups excluding tert-OH is 1. The van der Waals surface area contributed by atoms with Crippen LogP contribution in [0.25, 0.3) is 0 Å². The number of carbonyl (C=O) groups excluding carboxylic acids is 1. The van der Waals surface area contributed by atoms with Gasteiger partial charge in [-0.1, -0.05) is 12.1 Å². The molecule has 31 heavy (non-hydrogen) atoms. The average Bonchev–Trinajstić information content (AvgIpc) is 3.10. The van der Waals surface area contributed by atoms with Crippen LogP contribution in [0, 0.1) is 6.92 Å². The Bertz CT molecular complexity index is 724. The molecule has 3 N–H and O–H groups in total. The number of likely N-dealkylation sites (tertiary alicyclic amines) is 1. The SMILES string of the molecule is CCNC(=NCC(O)COc1cccc(C)c1)N1CCC(NC(=O)OC(C)(C)C)C1.I. The Morgan fingerprint density at radius 3 is 2.77 bits per heavy atom. The molecule has 176 valence electrons. The molecule has 1 heterocycles. The van der Waals surface area contributed by atoms with Crippen LogP contribution in [0.1, 0.15) is 39.7 Å². The standard InChI is InChI=1S/C22H36N4O4.HI/c1-6-23-20(24-13-18(27)15-29-19-9-7-8-16(2)12-19)26-11-10-17(14-26)25-21(28)30-22(3,4)5;/h7-9,12,17-18,27H,6,10-11,13-15H2,1-5H3,(H,23,24)(H,25,28);1H. The molecule has 2 unspecified atom stereocenters. The molecule has 1 fully saturated rings. The number of carbonyl (C=O) groups is 1. The highest BCUT2D eigenvalue weighted by molar-refractivity contribution is 14.0. The van der Waals surface area contributed by atoms with E-state index in [1.54, 1.807) is 0 Å². The molecule has 0 aromatic heterocycles. The normalized spacial score (nSPS) is 17.5. The molecular formula is C22H37IN4O4. The van der Waals surface area contributed by atoms with Gasteiger partial charge in [-0.25, -0.2) is 4.79 Å². The van der Waals surface area contributed by atoms with E-state index in [4.69, 9.17) is 9.47 Å². The number of halogens is 1. The van der Waals surface area contributed by atoms with E-state index in [0.29, 0.717) is 6.54 Å². The van der Waals surface area contributed by atoms with Crippen LogP contribution in [0.5, 0.6) is 5.75 Å². The topological polar surface area (TPSA) is 95.4 Å². The molecular weight excluding hydrogens is 511 g/mol. The quantitative estimate of drug-likeness (QED) is 0.276. The highest BCUT2D eigenvalue weighted by atomic mass is 127. The number of rotatable bonds is 7. The Labute approximate surface area is 202 Å². The van der Waals surface area contributed by atoms with Crippen molar-refractivity contribution in [3.63, 3.8) is 0 Å². The molecule has 9 heteroatoms. The number of aliphatic hydroxyl groups is 1. The smallest absolute Gasteiger partial charge is 0.407 e. The molecule has 1 amide bonds. The summed E-state index contributed by atoms with van der Waals surface area (Å²) in [6.45, 7) is 12.1. The van der Waals surface area contributed by atoms with E-state index in [0.717, 1.165) is 36.8 Å². The van der Waals surface area contributed by atoms with Crippen LogP contribution in [0.2, 0.25) is 0 Å². The summed E-state index contributed by atoms with van der Waals surface area (Å²) in [5, 5.41) is 16.4. The second-order valence-electron chi connectivity index (χ2n) is 8.55. The summed E-state index contributed by atoms with van der Waals surface area (Å²) in [5.41, 5.74) is 0.591. The van der Waals surface area contributed by atoms with Crippen molar-refractivity contribution >= 4 is 36.0 Å². The lowest BCUT2D eigenvalue weighted by atomic mass is 10.2. The van der Waals surface area contributed by atoms with Gasteiger partial charge < -0.3 is 30.1 Å². The molecule has 1 aromatic carbocycles. The van der Waals surface area contributed by atoms with Gasteiger partial charge in [-0.05, 0) is 58.7 Å². The highest BCUT2D eigenvalue weighted by Crippen LogP contribution is 2.14. The number of amides is 1. The number of aliphatic imine (C=N–C) groups is 1. The summed E-state index contributed by atoms with van der Waals surface area (Å²) in [7, 11) is 0. The Morgan fingerprint density at radius 2 is 2.13 bits per heavy atom. The zero-order valence-corrected chi connectivity index (χ0v) is 21.5. The van der Waals surface area contributed by atoms with Gasteiger partial charge in [-0.2, -0.15) is 0 Å². The van der Waals surface area contributed by atoms with E-state index >= 15 is 0 Å². The second-order valence-corrected chi connectivity index (χ2v) is 8.55. The summed E-state index contributed by atoms with van der Waals surface area (Å²) < 4.78 is 11.0. The molecule has 0 aliphatic carbocycles. The second kappa shape index (κ2) is 12.9. The first kappa shape index (κ1) is 27.3. The lowest BCUT2D eigenvalue weighted by molar-refractivity contribution is 0.0507. The minimum atomic E-state index is -0.711. The first-order valence-electron chi connectivity index (χ1n) is 10.6. The number of nitrogens with zero attached hydrogens (tertiary/aromatic N) is 2. The van der Waals surface area contributed by atoms with Crippen molar-refractivity contribution in [1.29, 1.82) is 0 Å². The number of benzene rings is 1. The number of hydrogen-bond donors (Lipinski definition) is 3. The van der Waals surface area contributed by atoms with Crippen LogP contribution in [-0.2, 0) is 4.74 Å². The predicted octanol–water partition coefficient (Wildman–Crippen LogP) is 2.92. The molecule has 8 nitrogen and oxygen atoms in total. The van der Waals surface area contributed by atoms with Crippen LogP contribution in [0.4, 0.5) is 4.79 Å². The fourth-order valence-corrected chi connectivity index (χ4v) is 3.11. The van der Waals surface area contributed by atoms with Gasteiger partial charge in [0.05, 0.1) is 12.6 Å². The van der Waals surface area contributed by atoms with Crippen molar-refractivity contribution in [2.24, 2.45) is 4.99 Å². The van der Waals surface area contributed by atoms with E-state index in [9.17, 15) is 9.90 Å². The highest BCUT2D eigenvalue weighted by Gasteiger charge is 2.28. The first-order chi connectivity index (χ1) is 14.2. The van der Waals surface area contributed by atoms with Crippen molar-refractivity contribution in [3.8, 4) is 5.75 Å². The molecule has 1 saturated heterocycles. The molecule has 0 saturated carbocycles. The molecule has 2 rings (SSSR count). The lowest BCUT2D eigenvalue weighted by Gasteiger charge is -2.23. The largest absolute Gasteiger partial charge is 0.491 e. The van der Waals surface area contributed by atoms with E-state index in [-0.39, 0.29) is 43.2 Å². The van der Waals surface area contributed by atoms with E-state index < -0.39 is 17.8 Å². The number of hydrogen-bond acceptors (Lipinski definition) is 5. The van der Waals surface area contributed by atoms with Crippen molar-refractivity contribution in [3.05, 3.63) is 29.8 Å². The maximum absolute atomic E-state index is 12.0. The maximum atomic E-state index is 12.0. The average molecular weight is 548 g/mol. The van der Waals surface area contributed by atoms with Gasteiger partial charge in [-0.3, -0.25) is 4.99 Å². The zero-order valence-electron chi connectivity index (χ0n) is 19.2. The van der Waals surface area contributed by atoms with Gasteiger partial charge in [-0.15, -0.1) is 24.0 Å². The molecule has 2 atom stereocenters. The molecule has 1 aromatic rings. The van der Waals surface area contributed by atoms with Crippen LogP contribution in [-0.4, -0.2) is 72.6 Å². The molecule has 0 bridgehead atoms. The Hall–Kier alpha value is -1.75. The van der Waals surface area contributed by atoms with Gasteiger partial charge in [0.25, 0.3) is 0 Å². The summed E-state index contributed by atoms with van der Waals surface area (Å²) in [6.07, 6.45) is -0.305. The summed E-state index contributed by atoms with van der Waals surface area (Å²) in [5.74, 6) is 1.46. The zero-order chi connectivity index (χ0) is 22.1. The molecule has 1 aliphatic heterocycles. The monoisotopic (exact) mass is 548 g/mol. The Balaban J connectivity index is 0.00000480. The molecule has 0 spiro atoms. The van der Waals surface area contributed by atoms with Crippen molar-refractivity contribution in [2.45, 2.75) is 58.8 Å². The van der Waals surface area contributed by atoms with Crippen LogP contribution in [0.3, 0.4) is 0 Å². The minimum absolute atomic E-state index is 0. The third-order valence-corrected chi connectivity index (χ3v) is 4.43.